The van der Waals surface area contributed by atoms with E-state index >= 15 is 0 Å². The molecule has 0 saturated carbocycles. The molecule has 3 heterocycles. The van der Waals surface area contributed by atoms with E-state index in [1.807, 2.05) is 6.92 Å². The van der Waals surface area contributed by atoms with Crippen molar-refractivity contribution in [2.45, 2.75) is 39.4 Å². The molecule has 1 aliphatic heterocycles. The van der Waals surface area contributed by atoms with Crippen molar-refractivity contribution in [2.75, 3.05) is 13.1 Å². The quantitative estimate of drug-likeness (QED) is 0.738. The van der Waals surface area contributed by atoms with Crippen molar-refractivity contribution < 1.29 is 9.21 Å². The molecular weight excluding hydrogens is 354 g/mol. The van der Waals surface area contributed by atoms with Crippen LogP contribution < -0.4 is 5.32 Å². The lowest BCUT2D eigenvalue weighted by molar-refractivity contribution is 0.0909. The van der Waals surface area contributed by atoms with E-state index in [4.69, 9.17) is 4.42 Å². The summed E-state index contributed by atoms with van der Waals surface area (Å²) in [5, 5.41) is 11.7. The maximum atomic E-state index is 12.3. The molecule has 146 valence electrons. The second-order valence-electron chi connectivity index (χ2n) is 7.31. The molecule has 0 saturated heterocycles. The van der Waals surface area contributed by atoms with Gasteiger partial charge in [-0.3, -0.25) is 9.69 Å². The van der Waals surface area contributed by atoms with Gasteiger partial charge in [0.2, 0.25) is 0 Å². The first kappa shape index (κ1) is 18.4. The summed E-state index contributed by atoms with van der Waals surface area (Å²) in [5.74, 6) is 1.81. The monoisotopic (exact) mass is 379 g/mol. The molecule has 28 heavy (non-hydrogen) atoms. The zero-order valence-corrected chi connectivity index (χ0v) is 16.3. The molecule has 0 aliphatic carbocycles. The topological polar surface area (TPSA) is 76.2 Å². The molecule has 0 unspecified atom stereocenters. The Morgan fingerprint density at radius 2 is 2.11 bits per heavy atom. The van der Waals surface area contributed by atoms with Crippen LogP contribution in [0, 0.1) is 6.92 Å². The summed E-state index contributed by atoms with van der Waals surface area (Å²) in [6.07, 6.45) is 2.34. The zero-order valence-electron chi connectivity index (χ0n) is 16.3. The number of fused-ring (bicyclic) bond motifs is 1. The minimum absolute atomic E-state index is 0.246. The van der Waals surface area contributed by atoms with Gasteiger partial charge >= 0.3 is 0 Å². The van der Waals surface area contributed by atoms with Crippen LogP contribution in [-0.4, -0.2) is 38.7 Å². The second-order valence-corrected chi connectivity index (χ2v) is 7.31. The molecule has 0 fully saturated rings. The summed E-state index contributed by atoms with van der Waals surface area (Å²) in [6, 6.07) is 11.7. The van der Waals surface area contributed by atoms with Gasteiger partial charge in [0.25, 0.3) is 5.91 Å². The number of hydrogen-bond donors (Lipinski definition) is 1. The minimum Gasteiger partial charge on any atom is -0.459 e. The standard InChI is InChI=1S/C21H25N5O2/c1-15-5-3-6-17(13-15)14-25-9-8-19-23-24-20(26(19)11-10-25)16(2)22-21(27)18-7-4-12-28-18/h3-7,12-13,16H,8-11,14H2,1-2H3,(H,22,27)/t16-/m1/s1. The van der Waals surface area contributed by atoms with Gasteiger partial charge in [-0.05, 0) is 31.5 Å². The molecule has 4 rings (SSSR count). The summed E-state index contributed by atoms with van der Waals surface area (Å²) in [4.78, 5) is 14.7. The summed E-state index contributed by atoms with van der Waals surface area (Å²) < 4.78 is 7.31. The number of nitrogens with zero attached hydrogens (tertiary/aromatic N) is 4. The summed E-state index contributed by atoms with van der Waals surface area (Å²) >= 11 is 0. The fourth-order valence-corrected chi connectivity index (χ4v) is 3.68. The van der Waals surface area contributed by atoms with Crippen LogP contribution in [0.2, 0.25) is 0 Å². The van der Waals surface area contributed by atoms with Crippen LogP contribution >= 0.6 is 0 Å². The fourth-order valence-electron chi connectivity index (χ4n) is 3.68. The van der Waals surface area contributed by atoms with Crippen molar-refractivity contribution >= 4 is 5.91 Å². The average Bonchev–Trinajstić information content (AvgIpc) is 3.30. The Kier molecular flexibility index (Phi) is 5.25. The Morgan fingerprint density at radius 3 is 2.89 bits per heavy atom. The van der Waals surface area contributed by atoms with E-state index in [9.17, 15) is 4.79 Å². The van der Waals surface area contributed by atoms with Gasteiger partial charge in [-0.25, -0.2) is 0 Å². The molecule has 1 amide bonds. The summed E-state index contributed by atoms with van der Waals surface area (Å²) in [7, 11) is 0. The molecular formula is C21H25N5O2. The number of carbonyl (C=O) groups is 1. The number of rotatable bonds is 5. The van der Waals surface area contributed by atoms with Crippen LogP contribution in [0.25, 0.3) is 0 Å². The second kappa shape index (κ2) is 7.98. The predicted molar refractivity (Wildman–Crippen MR) is 105 cm³/mol. The van der Waals surface area contributed by atoms with Gasteiger partial charge < -0.3 is 14.3 Å². The molecule has 0 spiro atoms. The lowest BCUT2D eigenvalue weighted by Gasteiger charge is -2.20. The van der Waals surface area contributed by atoms with E-state index < -0.39 is 0 Å². The van der Waals surface area contributed by atoms with Crippen LogP contribution in [0.4, 0.5) is 0 Å². The predicted octanol–water partition coefficient (Wildman–Crippen LogP) is 2.73. The van der Waals surface area contributed by atoms with Gasteiger partial charge in [0.1, 0.15) is 5.82 Å². The lowest BCUT2D eigenvalue weighted by Crippen LogP contribution is -2.30. The molecule has 7 heteroatoms. The Balaban J connectivity index is 1.42. The minimum atomic E-state index is -0.248. The highest BCUT2D eigenvalue weighted by molar-refractivity contribution is 5.91. The van der Waals surface area contributed by atoms with E-state index in [2.05, 4.69) is 56.2 Å². The molecule has 1 N–H and O–H groups in total. The first-order valence-electron chi connectivity index (χ1n) is 9.64. The first-order chi connectivity index (χ1) is 13.6. The molecule has 1 atom stereocenters. The molecule has 1 aromatic carbocycles. The maximum absolute atomic E-state index is 12.3. The van der Waals surface area contributed by atoms with Gasteiger partial charge in [-0.2, -0.15) is 0 Å². The number of benzene rings is 1. The van der Waals surface area contributed by atoms with Gasteiger partial charge in [0.15, 0.2) is 11.6 Å². The van der Waals surface area contributed by atoms with Gasteiger partial charge in [0.05, 0.1) is 12.3 Å². The van der Waals surface area contributed by atoms with Crippen molar-refractivity contribution in [3.63, 3.8) is 0 Å². The highest BCUT2D eigenvalue weighted by atomic mass is 16.3. The van der Waals surface area contributed by atoms with Crippen molar-refractivity contribution in [2.24, 2.45) is 0 Å². The Bertz CT molecular complexity index is 948. The number of furan rings is 1. The number of hydrogen-bond acceptors (Lipinski definition) is 5. The smallest absolute Gasteiger partial charge is 0.287 e. The van der Waals surface area contributed by atoms with Crippen molar-refractivity contribution in [1.29, 1.82) is 0 Å². The Morgan fingerprint density at radius 1 is 1.21 bits per heavy atom. The number of nitrogens with one attached hydrogen (secondary N) is 1. The number of aryl methyl sites for hydroxylation is 1. The largest absolute Gasteiger partial charge is 0.459 e. The van der Waals surface area contributed by atoms with Crippen molar-refractivity contribution in [3.05, 3.63) is 71.2 Å². The molecule has 0 radical (unpaired) electrons. The van der Waals surface area contributed by atoms with Crippen LogP contribution in [0.1, 0.15) is 46.3 Å². The maximum Gasteiger partial charge on any atom is 0.287 e. The van der Waals surface area contributed by atoms with Crippen LogP contribution in [0.5, 0.6) is 0 Å². The van der Waals surface area contributed by atoms with Gasteiger partial charge in [-0.1, -0.05) is 29.8 Å². The number of carbonyl (C=O) groups excluding carboxylic acids is 1. The first-order valence-corrected chi connectivity index (χ1v) is 9.64. The Hall–Kier alpha value is -2.93. The molecule has 3 aromatic rings. The van der Waals surface area contributed by atoms with Crippen molar-refractivity contribution in [3.8, 4) is 0 Å². The van der Waals surface area contributed by atoms with Gasteiger partial charge in [-0.15, -0.1) is 10.2 Å². The lowest BCUT2D eigenvalue weighted by atomic mass is 10.1. The van der Waals surface area contributed by atoms with Crippen molar-refractivity contribution in [1.82, 2.24) is 25.0 Å². The molecule has 7 nitrogen and oxygen atoms in total. The third-order valence-electron chi connectivity index (χ3n) is 5.12. The number of aromatic nitrogens is 3. The molecule has 1 aliphatic rings. The Labute approximate surface area is 164 Å². The van der Waals surface area contributed by atoms with Gasteiger partial charge in [0, 0.05) is 32.6 Å². The van der Waals surface area contributed by atoms with E-state index in [1.54, 1.807) is 12.1 Å². The third-order valence-corrected chi connectivity index (χ3v) is 5.12. The molecule has 2 aromatic heterocycles. The SMILES string of the molecule is Cc1cccc(CN2CCc3nnc([C@@H](C)NC(=O)c4ccco4)n3CC2)c1. The van der Waals surface area contributed by atoms with E-state index in [-0.39, 0.29) is 11.9 Å². The fraction of sp³-hybridized carbons (Fsp3) is 0.381. The number of amides is 1. The normalized spacial score (nSPS) is 15.6. The van der Waals surface area contributed by atoms with E-state index in [1.165, 1.54) is 17.4 Å². The summed E-state index contributed by atoms with van der Waals surface area (Å²) in [6.45, 7) is 7.65. The van der Waals surface area contributed by atoms with Crippen LogP contribution in [-0.2, 0) is 19.5 Å². The van der Waals surface area contributed by atoms with Crippen LogP contribution in [0.15, 0.2) is 47.1 Å². The molecule has 0 bridgehead atoms. The highest BCUT2D eigenvalue weighted by Crippen LogP contribution is 2.17. The van der Waals surface area contributed by atoms with E-state index in [0.717, 1.165) is 44.2 Å². The highest BCUT2D eigenvalue weighted by Gasteiger charge is 2.23. The zero-order chi connectivity index (χ0) is 19.5. The average molecular weight is 379 g/mol. The third kappa shape index (κ3) is 3.99. The summed E-state index contributed by atoms with van der Waals surface area (Å²) in [5.41, 5.74) is 2.62. The van der Waals surface area contributed by atoms with Crippen LogP contribution in [0.3, 0.4) is 0 Å². The van der Waals surface area contributed by atoms with E-state index in [0.29, 0.717) is 5.76 Å².